The molecular formula is C19H24FN7. The third-order valence-corrected chi connectivity index (χ3v) is 4.77. The Balaban J connectivity index is 1.77. The van der Waals surface area contributed by atoms with Gasteiger partial charge in [-0.2, -0.15) is 0 Å². The number of aliphatic imine (C=N–C) groups is 3. The van der Waals surface area contributed by atoms with E-state index in [9.17, 15) is 4.39 Å². The minimum absolute atomic E-state index is 0.156. The van der Waals surface area contributed by atoms with Crippen molar-refractivity contribution in [2.75, 3.05) is 0 Å². The molecule has 0 aliphatic carbocycles. The van der Waals surface area contributed by atoms with Crippen LogP contribution in [0.15, 0.2) is 62.9 Å². The van der Waals surface area contributed by atoms with E-state index in [1.165, 1.54) is 6.07 Å². The van der Waals surface area contributed by atoms with Crippen LogP contribution in [-0.2, 0) is 6.54 Å². The van der Waals surface area contributed by atoms with Crippen molar-refractivity contribution in [2.24, 2.45) is 31.9 Å². The van der Waals surface area contributed by atoms with Gasteiger partial charge in [-0.25, -0.2) is 14.4 Å². The Kier molecular flexibility index (Phi) is 4.73. The summed E-state index contributed by atoms with van der Waals surface area (Å²) in [6.07, 6.45) is -0.326. The maximum Gasteiger partial charge on any atom is 0.172 e. The first-order chi connectivity index (χ1) is 12.7. The average Bonchev–Trinajstić information content (AvgIpc) is 2.83. The predicted octanol–water partition coefficient (Wildman–Crippen LogP) is 1.74. The lowest BCUT2D eigenvalue weighted by Gasteiger charge is -2.26. The van der Waals surface area contributed by atoms with Gasteiger partial charge in [0.1, 0.15) is 23.6 Å². The molecule has 1 saturated heterocycles. The number of nitrogens with zero attached hydrogens (tertiary/aromatic N) is 3. The van der Waals surface area contributed by atoms with Crippen LogP contribution in [0.4, 0.5) is 4.39 Å². The smallest absolute Gasteiger partial charge is 0.172 e. The molecule has 2 aliphatic rings. The van der Waals surface area contributed by atoms with Crippen LogP contribution in [0.25, 0.3) is 0 Å². The third kappa shape index (κ3) is 3.55. The summed E-state index contributed by atoms with van der Waals surface area (Å²) >= 11 is 0. The van der Waals surface area contributed by atoms with E-state index in [1.54, 1.807) is 25.1 Å². The number of rotatable bonds is 3. The molecule has 2 aliphatic heterocycles. The van der Waals surface area contributed by atoms with Crippen molar-refractivity contribution in [1.82, 2.24) is 10.6 Å². The maximum atomic E-state index is 13.7. The Morgan fingerprint density at radius 1 is 1.37 bits per heavy atom. The highest BCUT2D eigenvalue weighted by Crippen LogP contribution is 2.42. The summed E-state index contributed by atoms with van der Waals surface area (Å²) in [5.41, 5.74) is 14.2. The zero-order valence-electron chi connectivity index (χ0n) is 15.7. The standard InChI is InChI=1S/C19H24FN7/c1-10-19(3,4)14-15(21)26-18(27-17(14)24-10)16(22)25-11(2)23-9-12-7-5-6-8-13(12)20/h5-8,17,24H,1,9,21H2,2-4H3,(H,26,27)(H2,22,23,25). The van der Waals surface area contributed by atoms with Crippen molar-refractivity contribution < 1.29 is 4.39 Å². The molecule has 27 heavy (non-hydrogen) atoms. The second-order valence-electron chi connectivity index (χ2n) is 7.03. The summed E-state index contributed by atoms with van der Waals surface area (Å²) in [5, 5.41) is 6.23. The second kappa shape index (κ2) is 6.86. The fourth-order valence-electron chi connectivity index (χ4n) is 3.08. The molecule has 0 amide bonds. The highest BCUT2D eigenvalue weighted by atomic mass is 19.1. The molecule has 6 N–H and O–H groups in total. The van der Waals surface area contributed by atoms with Crippen molar-refractivity contribution >= 4 is 17.5 Å². The van der Waals surface area contributed by atoms with Crippen molar-refractivity contribution in [1.29, 1.82) is 0 Å². The van der Waals surface area contributed by atoms with E-state index in [2.05, 4.69) is 32.2 Å². The van der Waals surface area contributed by atoms with E-state index in [0.29, 0.717) is 23.1 Å². The Labute approximate surface area is 157 Å². The van der Waals surface area contributed by atoms with Gasteiger partial charge in [-0.1, -0.05) is 38.6 Å². The molecule has 3 rings (SSSR count). The summed E-state index contributed by atoms with van der Waals surface area (Å²) in [7, 11) is 0. The molecule has 8 heteroatoms. The van der Waals surface area contributed by atoms with Gasteiger partial charge >= 0.3 is 0 Å². The summed E-state index contributed by atoms with van der Waals surface area (Å²) in [6.45, 7) is 9.97. The van der Waals surface area contributed by atoms with Crippen molar-refractivity contribution in [3.8, 4) is 0 Å². The van der Waals surface area contributed by atoms with Crippen LogP contribution in [0, 0.1) is 11.2 Å². The van der Waals surface area contributed by atoms with Crippen LogP contribution in [0.2, 0.25) is 0 Å². The van der Waals surface area contributed by atoms with Gasteiger partial charge in [0, 0.05) is 22.2 Å². The van der Waals surface area contributed by atoms with Gasteiger partial charge in [0.25, 0.3) is 0 Å². The Bertz CT molecular complexity index is 908. The molecular weight excluding hydrogens is 345 g/mol. The summed E-state index contributed by atoms with van der Waals surface area (Å²) in [6, 6.07) is 6.48. The van der Waals surface area contributed by atoms with Gasteiger partial charge in [-0.05, 0) is 13.0 Å². The van der Waals surface area contributed by atoms with Gasteiger partial charge in [0.2, 0.25) is 0 Å². The lowest BCUT2D eigenvalue weighted by molar-refractivity contribution is 0.550. The van der Waals surface area contributed by atoms with E-state index in [1.807, 2.05) is 13.8 Å². The molecule has 7 nitrogen and oxygen atoms in total. The van der Waals surface area contributed by atoms with E-state index < -0.39 is 0 Å². The Morgan fingerprint density at radius 3 is 2.78 bits per heavy atom. The second-order valence-corrected chi connectivity index (χ2v) is 7.03. The van der Waals surface area contributed by atoms with E-state index in [4.69, 9.17) is 11.5 Å². The fraction of sp³-hybridized carbons (Fsp3) is 0.316. The zero-order valence-corrected chi connectivity index (χ0v) is 15.7. The van der Waals surface area contributed by atoms with E-state index in [-0.39, 0.29) is 29.8 Å². The molecule has 0 spiro atoms. The van der Waals surface area contributed by atoms with Gasteiger partial charge < -0.3 is 22.1 Å². The molecule has 142 valence electrons. The van der Waals surface area contributed by atoms with Crippen molar-refractivity contribution in [2.45, 2.75) is 33.5 Å². The van der Waals surface area contributed by atoms with Gasteiger partial charge in [0.15, 0.2) is 11.7 Å². The van der Waals surface area contributed by atoms with Crippen LogP contribution in [-0.4, -0.2) is 23.7 Å². The first-order valence-corrected chi connectivity index (χ1v) is 8.60. The summed E-state index contributed by atoms with van der Waals surface area (Å²) < 4.78 is 13.7. The normalized spacial score (nSPS) is 22.1. The van der Waals surface area contributed by atoms with Crippen LogP contribution in [0.3, 0.4) is 0 Å². The molecule has 1 unspecified atom stereocenters. The first-order valence-electron chi connectivity index (χ1n) is 8.60. The minimum Gasteiger partial charge on any atom is -0.385 e. The van der Waals surface area contributed by atoms with Crippen LogP contribution >= 0.6 is 0 Å². The maximum absolute atomic E-state index is 13.7. The number of halogens is 1. The number of fused-ring (bicyclic) bond motifs is 1. The predicted molar refractivity (Wildman–Crippen MR) is 106 cm³/mol. The van der Waals surface area contributed by atoms with Crippen molar-refractivity contribution in [3.63, 3.8) is 0 Å². The molecule has 1 aromatic rings. The minimum atomic E-state index is -0.326. The lowest BCUT2D eigenvalue weighted by Crippen LogP contribution is -2.45. The molecule has 2 heterocycles. The number of allylic oxidation sites excluding steroid dienone is 1. The molecule has 0 aromatic heterocycles. The largest absolute Gasteiger partial charge is 0.385 e. The topological polar surface area (TPSA) is 113 Å². The zero-order chi connectivity index (χ0) is 19.8. The van der Waals surface area contributed by atoms with Gasteiger partial charge in [-0.15, -0.1) is 0 Å². The third-order valence-electron chi connectivity index (χ3n) is 4.77. The number of nitrogens with two attached hydrogens (primary N) is 2. The van der Waals surface area contributed by atoms with Crippen LogP contribution < -0.4 is 22.1 Å². The quantitative estimate of drug-likeness (QED) is 0.480. The SMILES string of the molecule is C=C1NC2N=C(C(N)=NC(C)=NCc3ccccc3F)NC(N)=C2C1(C)C. The Morgan fingerprint density at radius 2 is 2.07 bits per heavy atom. The number of nitrogens with one attached hydrogen (secondary N) is 2. The molecule has 1 atom stereocenters. The molecule has 0 bridgehead atoms. The number of amidine groups is 3. The number of hydrogen-bond donors (Lipinski definition) is 4. The Hall–Kier alpha value is -3.16. The highest BCUT2D eigenvalue weighted by Gasteiger charge is 2.43. The van der Waals surface area contributed by atoms with E-state index >= 15 is 0 Å². The summed E-state index contributed by atoms with van der Waals surface area (Å²) in [5.74, 6) is 1.12. The van der Waals surface area contributed by atoms with Gasteiger partial charge in [-0.3, -0.25) is 4.99 Å². The van der Waals surface area contributed by atoms with Crippen molar-refractivity contribution in [3.05, 3.63) is 59.3 Å². The molecule has 0 radical (unpaired) electrons. The van der Waals surface area contributed by atoms with Crippen LogP contribution in [0.1, 0.15) is 26.3 Å². The fourth-order valence-corrected chi connectivity index (χ4v) is 3.08. The monoisotopic (exact) mass is 369 g/mol. The molecule has 1 aromatic carbocycles. The van der Waals surface area contributed by atoms with E-state index in [0.717, 1.165) is 11.3 Å². The molecule has 0 saturated carbocycles. The average molecular weight is 369 g/mol. The number of hydrogen-bond acceptors (Lipinski definition) is 5. The van der Waals surface area contributed by atoms with Crippen LogP contribution in [0.5, 0.6) is 0 Å². The molecule has 1 fully saturated rings. The number of benzene rings is 1. The lowest BCUT2D eigenvalue weighted by atomic mass is 9.83. The highest BCUT2D eigenvalue weighted by molar-refractivity contribution is 6.42. The van der Waals surface area contributed by atoms with Gasteiger partial charge in [0.05, 0.1) is 6.54 Å². The first kappa shape index (κ1) is 18.6. The summed E-state index contributed by atoms with van der Waals surface area (Å²) in [4.78, 5) is 13.1.